The summed E-state index contributed by atoms with van der Waals surface area (Å²) in [6.07, 6.45) is 3.20. The van der Waals surface area contributed by atoms with E-state index in [-0.39, 0.29) is 11.4 Å². The Morgan fingerprint density at radius 3 is 2.76 bits per heavy atom. The minimum absolute atomic E-state index is 0.254. The van der Waals surface area contributed by atoms with Crippen LogP contribution < -0.4 is 10.0 Å². The van der Waals surface area contributed by atoms with Gasteiger partial charge in [0.1, 0.15) is 0 Å². The van der Waals surface area contributed by atoms with Crippen LogP contribution in [-0.4, -0.2) is 24.4 Å². The Kier molecular flexibility index (Phi) is 5.15. The topological polar surface area (TPSA) is 86.9 Å². The molecule has 2 aromatic rings. The molecule has 0 atom stereocenters. The summed E-state index contributed by atoms with van der Waals surface area (Å²) in [7, 11) is -3.50. The molecule has 6 nitrogen and oxygen atoms in total. The van der Waals surface area contributed by atoms with Crippen molar-refractivity contribution in [3.63, 3.8) is 0 Å². The van der Waals surface area contributed by atoms with Crippen LogP contribution in [0.1, 0.15) is 29.4 Å². The molecule has 0 aliphatic heterocycles. The summed E-state index contributed by atoms with van der Waals surface area (Å²) in [4.78, 5) is 8.23. The van der Waals surface area contributed by atoms with E-state index in [4.69, 9.17) is 0 Å². The van der Waals surface area contributed by atoms with Gasteiger partial charge in [-0.15, -0.1) is 11.3 Å². The minimum atomic E-state index is -3.50. The molecule has 0 amide bonds. The second-order valence-corrected chi connectivity index (χ2v) is 8.15. The molecule has 0 saturated carbocycles. The van der Waals surface area contributed by atoms with Crippen molar-refractivity contribution in [3.05, 3.63) is 34.0 Å². The summed E-state index contributed by atoms with van der Waals surface area (Å²) < 4.78 is 27.0. The maximum absolute atomic E-state index is 12.2. The Labute approximate surface area is 129 Å². The normalized spacial score (nSPS) is 12.2. The SMILES string of the molecule is Cc1ncc(CNS(=O)(=O)c2c[nH]c(CNC(C)C)c2)s1. The standard InChI is InChI=1S/C13H20N4O2S2/c1-9(2)14-5-11-4-13(8-16-11)21(18,19)17-7-12-6-15-10(3)20-12/h4,6,8-9,14,16-17H,5,7H2,1-3H3. The van der Waals surface area contributed by atoms with E-state index in [1.165, 1.54) is 17.5 Å². The third-order valence-corrected chi connectivity index (χ3v) is 5.13. The van der Waals surface area contributed by atoms with Crippen LogP contribution in [-0.2, 0) is 23.1 Å². The first-order valence-electron chi connectivity index (χ1n) is 6.68. The molecule has 0 spiro atoms. The summed E-state index contributed by atoms with van der Waals surface area (Å²) in [6.45, 7) is 6.85. The first kappa shape index (κ1) is 16.2. The van der Waals surface area contributed by atoms with Crippen molar-refractivity contribution < 1.29 is 8.42 Å². The van der Waals surface area contributed by atoms with Gasteiger partial charge in [0.2, 0.25) is 10.0 Å². The fraction of sp³-hybridized carbons (Fsp3) is 0.462. The first-order valence-corrected chi connectivity index (χ1v) is 8.98. The molecule has 2 heterocycles. The lowest BCUT2D eigenvalue weighted by Crippen LogP contribution is -2.23. The van der Waals surface area contributed by atoms with Gasteiger partial charge in [0, 0.05) is 42.1 Å². The Balaban J connectivity index is 1.99. The highest BCUT2D eigenvalue weighted by molar-refractivity contribution is 7.89. The lowest BCUT2D eigenvalue weighted by atomic mass is 10.3. The summed E-state index contributed by atoms with van der Waals surface area (Å²) in [5.74, 6) is 0. The zero-order chi connectivity index (χ0) is 15.5. The maximum Gasteiger partial charge on any atom is 0.242 e. The largest absolute Gasteiger partial charge is 0.363 e. The van der Waals surface area contributed by atoms with Gasteiger partial charge in [-0.05, 0) is 13.0 Å². The number of rotatable bonds is 7. The van der Waals surface area contributed by atoms with Crippen LogP contribution in [0.3, 0.4) is 0 Å². The van der Waals surface area contributed by atoms with Gasteiger partial charge >= 0.3 is 0 Å². The van der Waals surface area contributed by atoms with Crippen LogP contribution >= 0.6 is 11.3 Å². The Bertz CT molecular complexity index is 689. The number of nitrogens with one attached hydrogen (secondary N) is 3. The molecule has 2 aromatic heterocycles. The molecule has 0 aromatic carbocycles. The van der Waals surface area contributed by atoms with Gasteiger partial charge in [0.05, 0.1) is 9.90 Å². The van der Waals surface area contributed by atoms with Gasteiger partial charge < -0.3 is 10.3 Å². The van der Waals surface area contributed by atoms with Gasteiger partial charge in [-0.2, -0.15) is 0 Å². The number of aromatic nitrogens is 2. The summed E-state index contributed by atoms with van der Waals surface area (Å²) in [6, 6.07) is 2.00. The molecule has 21 heavy (non-hydrogen) atoms. The van der Waals surface area contributed by atoms with Crippen molar-refractivity contribution >= 4 is 21.4 Å². The first-order chi connectivity index (χ1) is 9.87. The molecule has 8 heteroatoms. The monoisotopic (exact) mass is 328 g/mol. The van der Waals surface area contributed by atoms with Crippen molar-refractivity contribution in [2.45, 2.75) is 44.8 Å². The van der Waals surface area contributed by atoms with Crippen LogP contribution in [0.5, 0.6) is 0 Å². The average Bonchev–Trinajstić information content (AvgIpc) is 3.03. The number of aromatic amines is 1. The van der Waals surface area contributed by atoms with E-state index >= 15 is 0 Å². The van der Waals surface area contributed by atoms with Gasteiger partial charge in [0.15, 0.2) is 0 Å². The average molecular weight is 328 g/mol. The Hall–Kier alpha value is -1.22. The molecule has 0 aliphatic carbocycles. The molecule has 0 bridgehead atoms. The molecule has 3 N–H and O–H groups in total. The molecule has 0 aliphatic rings. The van der Waals surface area contributed by atoms with Gasteiger partial charge in [-0.3, -0.25) is 0 Å². The number of H-pyrrole nitrogens is 1. The van der Waals surface area contributed by atoms with Crippen molar-refractivity contribution in [3.8, 4) is 0 Å². The zero-order valence-electron chi connectivity index (χ0n) is 12.3. The Morgan fingerprint density at radius 1 is 1.38 bits per heavy atom. The third kappa shape index (κ3) is 4.63. The van der Waals surface area contributed by atoms with Crippen LogP contribution in [0.4, 0.5) is 0 Å². The van der Waals surface area contributed by atoms with E-state index in [9.17, 15) is 8.42 Å². The van der Waals surface area contributed by atoms with E-state index in [1.807, 2.05) is 20.8 Å². The van der Waals surface area contributed by atoms with Crippen molar-refractivity contribution in [1.29, 1.82) is 0 Å². The number of hydrogen-bond donors (Lipinski definition) is 3. The second-order valence-electron chi connectivity index (χ2n) is 5.07. The predicted octanol–water partition coefficient (Wildman–Crippen LogP) is 1.76. The lowest BCUT2D eigenvalue weighted by molar-refractivity contribution is 0.580. The van der Waals surface area contributed by atoms with Crippen LogP contribution in [0.15, 0.2) is 23.4 Å². The second kappa shape index (κ2) is 6.69. The van der Waals surface area contributed by atoms with Crippen molar-refractivity contribution in [2.75, 3.05) is 0 Å². The minimum Gasteiger partial charge on any atom is -0.363 e. The fourth-order valence-electron chi connectivity index (χ4n) is 1.73. The fourth-order valence-corrected chi connectivity index (χ4v) is 3.58. The van der Waals surface area contributed by atoms with E-state index in [2.05, 4.69) is 20.0 Å². The summed E-state index contributed by atoms with van der Waals surface area (Å²) in [5, 5.41) is 4.16. The molecule has 0 fully saturated rings. The molecular weight excluding hydrogens is 308 g/mol. The van der Waals surface area contributed by atoms with Crippen LogP contribution in [0, 0.1) is 6.92 Å². The Morgan fingerprint density at radius 2 is 2.14 bits per heavy atom. The third-order valence-electron chi connectivity index (χ3n) is 2.83. The predicted molar refractivity (Wildman–Crippen MR) is 83.6 cm³/mol. The van der Waals surface area contributed by atoms with Crippen LogP contribution in [0.25, 0.3) is 0 Å². The van der Waals surface area contributed by atoms with Crippen molar-refractivity contribution in [2.24, 2.45) is 0 Å². The lowest BCUT2D eigenvalue weighted by Gasteiger charge is -2.05. The number of hydrogen-bond acceptors (Lipinski definition) is 5. The number of sulfonamides is 1. The van der Waals surface area contributed by atoms with E-state index in [0.717, 1.165) is 15.6 Å². The molecule has 2 rings (SSSR count). The highest BCUT2D eigenvalue weighted by Crippen LogP contribution is 2.14. The molecule has 0 radical (unpaired) electrons. The molecular formula is C13H20N4O2S2. The number of aryl methyl sites for hydroxylation is 1. The molecule has 0 unspecified atom stereocenters. The van der Waals surface area contributed by atoms with Crippen LogP contribution in [0.2, 0.25) is 0 Å². The smallest absolute Gasteiger partial charge is 0.242 e. The van der Waals surface area contributed by atoms with Crippen molar-refractivity contribution in [1.82, 2.24) is 20.0 Å². The number of thiazole rings is 1. The van der Waals surface area contributed by atoms with E-state index in [0.29, 0.717) is 12.6 Å². The zero-order valence-corrected chi connectivity index (χ0v) is 13.9. The highest BCUT2D eigenvalue weighted by atomic mass is 32.2. The quantitative estimate of drug-likeness (QED) is 0.723. The van der Waals surface area contributed by atoms with Gasteiger partial charge in [-0.1, -0.05) is 13.8 Å². The van der Waals surface area contributed by atoms with E-state index < -0.39 is 10.0 Å². The molecule has 0 saturated heterocycles. The van der Waals surface area contributed by atoms with Gasteiger partial charge in [0.25, 0.3) is 0 Å². The highest BCUT2D eigenvalue weighted by Gasteiger charge is 2.16. The van der Waals surface area contributed by atoms with Gasteiger partial charge in [-0.25, -0.2) is 18.1 Å². The summed E-state index contributed by atoms with van der Waals surface area (Å²) in [5.41, 5.74) is 0.845. The number of nitrogens with zero attached hydrogens (tertiary/aromatic N) is 1. The molecule has 116 valence electrons. The summed E-state index contributed by atoms with van der Waals surface area (Å²) >= 11 is 1.48. The van der Waals surface area contributed by atoms with E-state index in [1.54, 1.807) is 12.3 Å². The maximum atomic E-state index is 12.2.